The molecule has 0 heterocycles. The second-order valence-electron chi connectivity index (χ2n) is 4.03. The van der Waals surface area contributed by atoms with Crippen molar-refractivity contribution in [2.45, 2.75) is 32.0 Å². The molecule has 2 unspecified atom stereocenters. The van der Waals surface area contributed by atoms with Crippen molar-refractivity contribution in [2.24, 2.45) is 0 Å². The van der Waals surface area contributed by atoms with E-state index in [4.69, 9.17) is 9.47 Å². The van der Waals surface area contributed by atoms with Crippen molar-refractivity contribution in [1.82, 2.24) is 0 Å². The maximum atomic E-state index is 13.6. The molecule has 0 aromatic heterocycles. The Morgan fingerprint density at radius 3 is 2.53 bits per heavy atom. The average molecular weight is 242 g/mol. The van der Waals surface area contributed by atoms with Gasteiger partial charge >= 0.3 is 0 Å². The van der Waals surface area contributed by atoms with Crippen LogP contribution in [0, 0.1) is 5.82 Å². The van der Waals surface area contributed by atoms with E-state index >= 15 is 0 Å². The molecule has 0 fully saturated rings. The molecule has 0 amide bonds. The third-order valence-electron chi connectivity index (χ3n) is 2.82. The van der Waals surface area contributed by atoms with Crippen molar-refractivity contribution in [3.63, 3.8) is 0 Å². The van der Waals surface area contributed by atoms with E-state index in [0.717, 1.165) is 0 Å². The molecule has 0 aliphatic rings. The quantitative estimate of drug-likeness (QED) is 0.833. The van der Waals surface area contributed by atoms with Crippen molar-refractivity contribution in [3.8, 4) is 5.75 Å². The Morgan fingerprint density at radius 1 is 1.29 bits per heavy atom. The van der Waals surface area contributed by atoms with Crippen LogP contribution in [0.3, 0.4) is 0 Å². The topological polar surface area (TPSA) is 38.7 Å². The SMILES string of the molecule is COc1ccc(C(O)CCC(C)OC)c(F)c1. The van der Waals surface area contributed by atoms with Crippen LogP contribution >= 0.6 is 0 Å². The van der Waals surface area contributed by atoms with E-state index in [1.165, 1.54) is 13.2 Å². The number of aliphatic hydroxyl groups excluding tert-OH is 1. The predicted molar refractivity (Wildman–Crippen MR) is 63.6 cm³/mol. The summed E-state index contributed by atoms with van der Waals surface area (Å²) in [5.74, 6) is 0.00521. The highest BCUT2D eigenvalue weighted by molar-refractivity contribution is 5.30. The van der Waals surface area contributed by atoms with Gasteiger partial charge in [-0.2, -0.15) is 0 Å². The van der Waals surface area contributed by atoms with E-state index in [1.807, 2.05) is 6.92 Å². The summed E-state index contributed by atoms with van der Waals surface area (Å²) in [6.45, 7) is 1.91. The van der Waals surface area contributed by atoms with Crippen LogP contribution in [0.1, 0.15) is 31.4 Å². The Kier molecular flexibility index (Phi) is 5.38. The fourth-order valence-corrected chi connectivity index (χ4v) is 1.57. The largest absolute Gasteiger partial charge is 0.497 e. The van der Waals surface area contributed by atoms with Crippen molar-refractivity contribution >= 4 is 0 Å². The molecular weight excluding hydrogens is 223 g/mol. The third-order valence-corrected chi connectivity index (χ3v) is 2.82. The van der Waals surface area contributed by atoms with Gasteiger partial charge in [0.2, 0.25) is 0 Å². The molecule has 0 aliphatic carbocycles. The zero-order chi connectivity index (χ0) is 12.8. The fraction of sp³-hybridized carbons (Fsp3) is 0.538. The molecule has 0 aliphatic heterocycles. The molecule has 1 rings (SSSR count). The Bertz CT molecular complexity index is 355. The van der Waals surface area contributed by atoms with Gasteiger partial charge in [0, 0.05) is 18.7 Å². The number of benzene rings is 1. The molecule has 0 saturated heterocycles. The van der Waals surface area contributed by atoms with Crippen LogP contribution in [0.15, 0.2) is 18.2 Å². The Hall–Kier alpha value is -1.13. The summed E-state index contributed by atoms with van der Waals surface area (Å²) in [6, 6.07) is 4.47. The van der Waals surface area contributed by atoms with Gasteiger partial charge in [0.25, 0.3) is 0 Å². The number of methoxy groups -OCH3 is 2. The van der Waals surface area contributed by atoms with Gasteiger partial charge in [0.15, 0.2) is 0 Å². The summed E-state index contributed by atoms with van der Waals surface area (Å²) in [6.07, 6.45) is 0.408. The van der Waals surface area contributed by atoms with Crippen LogP contribution in [0.5, 0.6) is 5.75 Å². The molecule has 0 bridgehead atoms. The molecule has 0 spiro atoms. The summed E-state index contributed by atoms with van der Waals surface area (Å²) in [4.78, 5) is 0. The highest BCUT2D eigenvalue weighted by Crippen LogP contribution is 2.25. The summed E-state index contributed by atoms with van der Waals surface area (Å²) in [5.41, 5.74) is 0.300. The third kappa shape index (κ3) is 3.98. The van der Waals surface area contributed by atoms with Crippen LogP contribution in [0.4, 0.5) is 4.39 Å². The number of rotatable bonds is 6. The van der Waals surface area contributed by atoms with E-state index < -0.39 is 11.9 Å². The van der Waals surface area contributed by atoms with Crippen molar-refractivity contribution in [3.05, 3.63) is 29.6 Å². The van der Waals surface area contributed by atoms with E-state index in [9.17, 15) is 9.50 Å². The minimum absolute atomic E-state index is 0.0611. The van der Waals surface area contributed by atoms with Gasteiger partial charge < -0.3 is 14.6 Å². The second kappa shape index (κ2) is 6.57. The van der Waals surface area contributed by atoms with Gasteiger partial charge in [0.05, 0.1) is 19.3 Å². The molecule has 3 nitrogen and oxygen atoms in total. The molecule has 96 valence electrons. The first-order valence-corrected chi connectivity index (χ1v) is 5.62. The number of hydrogen-bond acceptors (Lipinski definition) is 3. The normalized spacial score (nSPS) is 14.4. The monoisotopic (exact) mass is 242 g/mol. The van der Waals surface area contributed by atoms with Crippen LogP contribution < -0.4 is 4.74 Å². The van der Waals surface area contributed by atoms with Gasteiger partial charge in [-0.3, -0.25) is 0 Å². The molecule has 17 heavy (non-hydrogen) atoms. The lowest BCUT2D eigenvalue weighted by Gasteiger charge is -2.15. The zero-order valence-corrected chi connectivity index (χ0v) is 10.4. The van der Waals surface area contributed by atoms with Gasteiger partial charge in [0.1, 0.15) is 11.6 Å². The van der Waals surface area contributed by atoms with Crippen molar-refractivity contribution < 1.29 is 19.0 Å². The lowest BCUT2D eigenvalue weighted by Crippen LogP contribution is -2.08. The van der Waals surface area contributed by atoms with E-state index in [-0.39, 0.29) is 6.10 Å². The first-order chi connectivity index (χ1) is 8.08. The molecule has 0 radical (unpaired) electrons. The van der Waals surface area contributed by atoms with Crippen LogP contribution in [-0.2, 0) is 4.74 Å². The van der Waals surface area contributed by atoms with Crippen LogP contribution in [0.25, 0.3) is 0 Å². The van der Waals surface area contributed by atoms with E-state index in [0.29, 0.717) is 24.2 Å². The lowest BCUT2D eigenvalue weighted by molar-refractivity contribution is 0.0840. The summed E-state index contributed by atoms with van der Waals surface area (Å²) >= 11 is 0. The van der Waals surface area contributed by atoms with Gasteiger partial charge in [-0.05, 0) is 31.9 Å². The van der Waals surface area contributed by atoms with Gasteiger partial charge in [-0.15, -0.1) is 0 Å². The van der Waals surface area contributed by atoms with Crippen molar-refractivity contribution in [1.29, 1.82) is 0 Å². The zero-order valence-electron chi connectivity index (χ0n) is 10.4. The number of aliphatic hydroxyl groups is 1. The fourth-order valence-electron chi connectivity index (χ4n) is 1.57. The number of halogens is 1. The summed E-state index contributed by atoms with van der Waals surface area (Å²) < 4.78 is 23.6. The Morgan fingerprint density at radius 2 is 2.00 bits per heavy atom. The molecule has 1 N–H and O–H groups in total. The molecular formula is C13H19FO3. The molecule has 4 heteroatoms. The Labute approximate surface area is 101 Å². The number of ether oxygens (including phenoxy) is 2. The van der Waals surface area contributed by atoms with Crippen molar-refractivity contribution in [2.75, 3.05) is 14.2 Å². The molecule has 1 aromatic carbocycles. The highest BCUT2D eigenvalue weighted by atomic mass is 19.1. The standard InChI is InChI=1S/C13H19FO3/c1-9(16-2)4-7-13(15)11-6-5-10(17-3)8-12(11)14/h5-6,8-9,13,15H,4,7H2,1-3H3. The molecule has 0 saturated carbocycles. The summed E-state index contributed by atoms with van der Waals surface area (Å²) in [7, 11) is 3.09. The highest BCUT2D eigenvalue weighted by Gasteiger charge is 2.14. The number of hydrogen-bond donors (Lipinski definition) is 1. The average Bonchev–Trinajstić information content (AvgIpc) is 2.35. The smallest absolute Gasteiger partial charge is 0.132 e. The maximum Gasteiger partial charge on any atom is 0.132 e. The Balaban J connectivity index is 2.65. The van der Waals surface area contributed by atoms with Gasteiger partial charge in [-0.1, -0.05) is 0 Å². The predicted octanol–water partition coefficient (Wildman–Crippen LogP) is 2.68. The molecule has 2 atom stereocenters. The van der Waals surface area contributed by atoms with E-state index in [2.05, 4.69) is 0 Å². The lowest BCUT2D eigenvalue weighted by atomic mass is 10.0. The van der Waals surface area contributed by atoms with Crippen LogP contribution in [-0.4, -0.2) is 25.4 Å². The first kappa shape index (κ1) is 13.9. The minimum atomic E-state index is -0.807. The van der Waals surface area contributed by atoms with Crippen LogP contribution in [0.2, 0.25) is 0 Å². The first-order valence-electron chi connectivity index (χ1n) is 5.62. The van der Waals surface area contributed by atoms with E-state index in [1.54, 1.807) is 19.2 Å². The summed E-state index contributed by atoms with van der Waals surface area (Å²) in [5, 5.41) is 9.87. The molecule has 1 aromatic rings. The maximum absolute atomic E-state index is 13.6. The van der Waals surface area contributed by atoms with Gasteiger partial charge in [-0.25, -0.2) is 4.39 Å². The second-order valence-corrected chi connectivity index (χ2v) is 4.03. The minimum Gasteiger partial charge on any atom is -0.497 e.